The van der Waals surface area contributed by atoms with Crippen LogP contribution in [0, 0.1) is 5.82 Å². The topological polar surface area (TPSA) is 57.6 Å². The molecular weight excluding hydrogens is 604 g/mol. The Bertz CT molecular complexity index is 1340. The van der Waals surface area contributed by atoms with Crippen molar-refractivity contribution in [3.8, 4) is 5.75 Å². The summed E-state index contributed by atoms with van der Waals surface area (Å²) in [6, 6.07) is 12.2. The molecule has 0 amide bonds. The SMILES string of the molecule is CN(CCCCCCC1=C(c2ccc(F)cc2)CCCc2cc(O)ccc21)CCCCCS(=O)(=O)CCC(F)(F)C(F)(F)F. The summed E-state index contributed by atoms with van der Waals surface area (Å²) in [5.41, 5.74) is 5.83. The van der Waals surface area contributed by atoms with E-state index in [0.29, 0.717) is 12.8 Å². The van der Waals surface area contributed by atoms with Gasteiger partial charge < -0.3 is 10.0 Å². The van der Waals surface area contributed by atoms with Crippen LogP contribution >= 0.6 is 0 Å². The van der Waals surface area contributed by atoms with Gasteiger partial charge in [-0.25, -0.2) is 12.8 Å². The van der Waals surface area contributed by atoms with E-state index in [1.165, 1.54) is 23.3 Å². The highest BCUT2D eigenvalue weighted by atomic mass is 32.2. The average molecular weight is 648 g/mol. The van der Waals surface area contributed by atoms with E-state index in [-0.39, 0.29) is 18.0 Å². The zero-order chi connectivity index (χ0) is 32.4. The Labute approximate surface area is 257 Å². The highest BCUT2D eigenvalue weighted by Gasteiger charge is 2.57. The van der Waals surface area contributed by atoms with Gasteiger partial charge in [-0.1, -0.05) is 37.5 Å². The third-order valence-electron chi connectivity index (χ3n) is 8.20. The smallest absolute Gasteiger partial charge is 0.453 e. The van der Waals surface area contributed by atoms with Crippen molar-refractivity contribution in [1.82, 2.24) is 4.90 Å². The van der Waals surface area contributed by atoms with Crippen molar-refractivity contribution in [2.45, 2.75) is 89.1 Å². The first kappa shape index (κ1) is 35.9. The van der Waals surface area contributed by atoms with E-state index in [9.17, 15) is 39.9 Å². The number of hydrogen-bond acceptors (Lipinski definition) is 4. The number of aryl methyl sites for hydroxylation is 1. The maximum absolute atomic E-state index is 13.6. The molecule has 11 heteroatoms. The monoisotopic (exact) mass is 647 g/mol. The fourth-order valence-electron chi connectivity index (χ4n) is 5.66. The number of hydrogen-bond donors (Lipinski definition) is 1. The lowest BCUT2D eigenvalue weighted by Gasteiger charge is -2.19. The summed E-state index contributed by atoms with van der Waals surface area (Å²) >= 11 is 0. The van der Waals surface area contributed by atoms with Gasteiger partial charge in [-0.3, -0.25) is 0 Å². The first-order valence-corrected chi connectivity index (χ1v) is 17.1. The highest BCUT2D eigenvalue weighted by molar-refractivity contribution is 7.91. The standard InChI is InChI=1S/C33H43F6NO3S/c1-40(21-7-4-8-22-44(42,43)23-19-32(35,36)33(37,38)39)20-6-3-2-5-11-31-29(25-13-15-27(34)16-14-25)12-9-10-26-24-28(41)17-18-30(26)31/h13-18,24,41H,2-12,19-23H2,1H3. The van der Waals surface area contributed by atoms with E-state index < -0.39 is 39.9 Å². The van der Waals surface area contributed by atoms with Gasteiger partial charge in [0.1, 0.15) is 11.6 Å². The first-order valence-electron chi connectivity index (χ1n) is 15.3. The van der Waals surface area contributed by atoms with Crippen LogP contribution in [0.1, 0.15) is 87.3 Å². The molecule has 3 rings (SSSR count). The lowest BCUT2D eigenvalue weighted by Crippen LogP contribution is -2.38. The predicted molar refractivity (Wildman–Crippen MR) is 163 cm³/mol. The fraction of sp³-hybridized carbons (Fsp3) is 0.576. The highest BCUT2D eigenvalue weighted by Crippen LogP contribution is 2.40. The predicted octanol–water partition coefficient (Wildman–Crippen LogP) is 8.83. The summed E-state index contributed by atoms with van der Waals surface area (Å²) in [5, 5.41) is 10.0. The van der Waals surface area contributed by atoms with Crippen molar-refractivity contribution < 1.29 is 39.9 Å². The number of phenolic OH excluding ortho intramolecular Hbond substituents is 1. The molecule has 0 fully saturated rings. The fourth-order valence-corrected chi connectivity index (χ4v) is 7.08. The Kier molecular flexibility index (Phi) is 13.2. The summed E-state index contributed by atoms with van der Waals surface area (Å²) < 4.78 is 100. The molecule has 0 heterocycles. The minimum absolute atomic E-state index is 0.228. The number of rotatable bonds is 17. The molecule has 2 aromatic rings. The molecule has 0 aliphatic heterocycles. The van der Waals surface area contributed by atoms with Gasteiger partial charge in [-0.15, -0.1) is 0 Å². The Morgan fingerprint density at radius 1 is 0.818 bits per heavy atom. The second-order valence-corrected chi connectivity index (χ2v) is 14.1. The number of unbranched alkanes of at least 4 members (excludes halogenated alkanes) is 5. The van der Waals surface area contributed by atoms with Crippen LogP contribution < -0.4 is 0 Å². The summed E-state index contributed by atoms with van der Waals surface area (Å²) in [7, 11) is -1.99. The van der Waals surface area contributed by atoms with E-state index in [2.05, 4.69) is 4.90 Å². The van der Waals surface area contributed by atoms with Crippen LogP contribution in [0.5, 0.6) is 5.75 Å². The van der Waals surface area contributed by atoms with E-state index in [1.807, 2.05) is 31.3 Å². The Balaban J connectivity index is 1.38. The van der Waals surface area contributed by atoms with Gasteiger partial charge in [-0.2, -0.15) is 22.0 Å². The number of phenols is 1. The molecule has 1 aliphatic carbocycles. The number of alkyl halides is 5. The molecule has 0 radical (unpaired) electrons. The molecule has 0 unspecified atom stereocenters. The molecule has 0 saturated carbocycles. The molecule has 0 spiro atoms. The number of nitrogens with zero attached hydrogens (tertiary/aromatic N) is 1. The molecular formula is C33H43F6NO3S. The van der Waals surface area contributed by atoms with Gasteiger partial charge in [0.2, 0.25) is 0 Å². The number of fused-ring (bicyclic) bond motifs is 1. The molecule has 0 atom stereocenters. The van der Waals surface area contributed by atoms with E-state index in [0.717, 1.165) is 81.1 Å². The van der Waals surface area contributed by atoms with Gasteiger partial charge in [0.15, 0.2) is 9.84 Å². The lowest BCUT2D eigenvalue weighted by atomic mass is 9.89. The summed E-state index contributed by atoms with van der Waals surface area (Å²) in [6.07, 6.45) is 1.66. The minimum Gasteiger partial charge on any atom is -0.508 e. The number of halogens is 6. The van der Waals surface area contributed by atoms with Crippen LogP contribution in [0.2, 0.25) is 0 Å². The van der Waals surface area contributed by atoms with Crippen molar-refractivity contribution in [3.05, 3.63) is 65.0 Å². The van der Waals surface area contributed by atoms with E-state index >= 15 is 0 Å². The minimum atomic E-state index is -5.74. The van der Waals surface area contributed by atoms with Crippen molar-refractivity contribution >= 4 is 21.0 Å². The average Bonchev–Trinajstić information content (AvgIpc) is 3.12. The third kappa shape index (κ3) is 11.1. The normalized spacial score (nSPS) is 14.6. The molecule has 44 heavy (non-hydrogen) atoms. The van der Waals surface area contributed by atoms with Crippen LogP contribution in [-0.4, -0.2) is 62.2 Å². The molecule has 1 aliphatic rings. The largest absolute Gasteiger partial charge is 0.508 e. The van der Waals surface area contributed by atoms with E-state index in [4.69, 9.17) is 0 Å². The molecule has 0 aromatic heterocycles. The lowest BCUT2D eigenvalue weighted by molar-refractivity contribution is -0.282. The van der Waals surface area contributed by atoms with Crippen molar-refractivity contribution in [2.24, 2.45) is 0 Å². The second-order valence-electron chi connectivity index (χ2n) is 11.8. The van der Waals surface area contributed by atoms with Crippen molar-refractivity contribution in [2.75, 3.05) is 31.6 Å². The zero-order valence-electron chi connectivity index (χ0n) is 25.2. The maximum atomic E-state index is 13.6. The van der Waals surface area contributed by atoms with Crippen molar-refractivity contribution in [1.29, 1.82) is 0 Å². The first-order chi connectivity index (χ1) is 20.7. The van der Waals surface area contributed by atoms with Crippen LogP contribution in [0.3, 0.4) is 0 Å². The van der Waals surface area contributed by atoms with Gasteiger partial charge >= 0.3 is 12.1 Å². The third-order valence-corrected chi connectivity index (χ3v) is 9.93. The number of sulfone groups is 1. The Hall–Kier alpha value is -2.53. The van der Waals surface area contributed by atoms with Crippen molar-refractivity contribution in [3.63, 3.8) is 0 Å². The molecule has 1 N–H and O–H groups in total. The van der Waals surface area contributed by atoms with E-state index in [1.54, 1.807) is 6.07 Å². The molecule has 0 bridgehead atoms. The summed E-state index contributed by atoms with van der Waals surface area (Å²) in [4.78, 5) is 2.15. The Morgan fingerprint density at radius 2 is 1.45 bits per heavy atom. The molecule has 2 aromatic carbocycles. The van der Waals surface area contributed by atoms with Gasteiger partial charge in [0, 0.05) is 6.42 Å². The number of benzene rings is 2. The Morgan fingerprint density at radius 3 is 2.11 bits per heavy atom. The maximum Gasteiger partial charge on any atom is 0.453 e. The number of aromatic hydroxyl groups is 1. The zero-order valence-corrected chi connectivity index (χ0v) is 26.1. The number of allylic oxidation sites excluding steroid dienone is 2. The second kappa shape index (κ2) is 16.2. The molecule has 0 saturated heterocycles. The molecule has 246 valence electrons. The van der Waals surface area contributed by atoms with Gasteiger partial charge in [-0.05, 0) is 124 Å². The van der Waals surface area contributed by atoms with Gasteiger partial charge in [0.05, 0.1) is 11.5 Å². The summed E-state index contributed by atoms with van der Waals surface area (Å²) in [5.74, 6) is -6.58. The summed E-state index contributed by atoms with van der Waals surface area (Å²) in [6.45, 7) is 1.61. The van der Waals surface area contributed by atoms with Crippen LogP contribution in [-0.2, 0) is 16.3 Å². The van der Waals surface area contributed by atoms with Crippen LogP contribution in [0.4, 0.5) is 26.3 Å². The van der Waals surface area contributed by atoms with Gasteiger partial charge in [0.25, 0.3) is 0 Å². The van der Waals surface area contributed by atoms with Crippen LogP contribution in [0.25, 0.3) is 11.1 Å². The van der Waals surface area contributed by atoms with Crippen LogP contribution in [0.15, 0.2) is 42.5 Å². The molecule has 4 nitrogen and oxygen atoms in total. The quantitative estimate of drug-likeness (QED) is 0.138.